The summed E-state index contributed by atoms with van der Waals surface area (Å²) < 4.78 is 0. The van der Waals surface area contributed by atoms with Crippen LogP contribution in [0, 0.1) is 5.92 Å². The second-order valence-corrected chi connectivity index (χ2v) is 4.64. The lowest BCUT2D eigenvalue weighted by Crippen LogP contribution is -2.31. The van der Waals surface area contributed by atoms with Gasteiger partial charge in [-0.1, -0.05) is 20.8 Å². The van der Waals surface area contributed by atoms with Gasteiger partial charge < -0.3 is 15.7 Å². The maximum Gasteiger partial charge on any atom is 0.221 e. The van der Waals surface area contributed by atoms with Gasteiger partial charge in [-0.2, -0.15) is 0 Å². The van der Waals surface area contributed by atoms with Gasteiger partial charge in [0, 0.05) is 32.2 Å². The first-order valence-corrected chi connectivity index (χ1v) is 6.17. The van der Waals surface area contributed by atoms with Crippen molar-refractivity contribution in [3.8, 4) is 0 Å². The molecule has 0 saturated heterocycles. The highest BCUT2D eigenvalue weighted by atomic mass is 16.3. The van der Waals surface area contributed by atoms with Crippen LogP contribution in [0.1, 0.15) is 40.0 Å². The number of rotatable bonds is 9. The minimum Gasteiger partial charge on any atom is -0.396 e. The highest BCUT2D eigenvalue weighted by Crippen LogP contribution is 2.02. The number of aliphatic hydroxyl groups is 1. The van der Waals surface area contributed by atoms with Crippen LogP contribution >= 0.6 is 0 Å². The Morgan fingerprint density at radius 1 is 1.25 bits per heavy atom. The molecule has 3 N–H and O–H groups in total. The molecule has 1 amide bonds. The molecule has 4 heteroatoms. The predicted molar refractivity (Wildman–Crippen MR) is 66.2 cm³/mol. The van der Waals surface area contributed by atoms with Gasteiger partial charge in [-0.15, -0.1) is 0 Å². The van der Waals surface area contributed by atoms with Gasteiger partial charge in [0.05, 0.1) is 0 Å². The van der Waals surface area contributed by atoms with E-state index in [0.29, 0.717) is 24.9 Å². The van der Waals surface area contributed by atoms with Gasteiger partial charge in [0.2, 0.25) is 5.91 Å². The summed E-state index contributed by atoms with van der Waals surface area (Å²) in [6, 6.07) is 0.429. The summed E-state index contributed by atoms with van der Waals surface area (Å²) in [6.45, 7) is 7.81. The van der Waals surface area contributed by atoms with E-state index in [-0.39, 0.29) is 12.5 Å². The molecule has 0 rings (SSSR count). The van der Waals surface area contributed by atoms with Crippen LogP contribution in [0.4, 0.5) is 0 Å². The van der Waals surface area contributed by atoms with Crippen LogP contribution in [0.25, 0.3) is 0 Å². The van der Waals surface area contributed by atoms with E-state index in [1.54, 1.807) is 0 Å². The Labute approximate surface area is 98.8 Å². The minimum absolute atomic E-state index is 0.102. The number of amides is 1. The summed E-state index contributed by atoms with van der Waals surface area (Å²) in [5.41, 5.74) is 0. The topological polar surface area (TPSA) is 61.4 Å². The lowest BCUT2D eigenvalue weighted by molar-refractivity contribution is -0.121. The number of hydrogen-bond acceptors (Lipinski definition) is 3. The zero-order valence-electron chi connectivity index (χ0n) is 10.8. The number of carbonyl (C=O) groups is 1. The SMILES string of the molecule is CC(CO)CCCNC(=O)CCNC(C)C. The molecule has 0 aromatic carbocycles. The van der Waals surface area contributed by atoms with Crippen LogP contribution in [0.2, 0.25) is 0 Å². The molecule has 0 fully saturated rings. The first-order chi connectivity index (χ1) is 7.56. The van der Waals surface area contributed by atoms with Crippen molar-refractivity contribution in [1.29, 1.82) is 0 Å². The lowest BCUT2D eigenvalue weighted by Gasteiger charge is -2.09. The maximum atomic E-state index is 11.3. The Morgan fingerprint density at radius 2 is 1.94 bits per heavy atom. The molecule has 0 aromatic heterocycles. The molecule has 96 valence electrons. The first-order valence-electron chi connectivity index (χ1n) is 6.17. The van der Waals surface area contributed by atoms with Crippen LogP contribution in [0.5, 0.6) is 0 Å². The van der Waals surface area contributed by atoms with Crippen LogP contribution < -0.4 is 10.6 Å². The standard InChI is InChI=1S/C12H26N2O2/c1-10(2)13-8-6-12(16)14-7-4-5-11(3)9-15/h10-11,13,15H,4-9H2,1-3H3,(H,14,16). The van der Waals surface area contributed by atoms with Gasteiger partial charge in [-0.3, -0.25) is 4.79 Å². The lowest BCUT2D eigenvalue weighted by atomic mass is 10.1. The molecular weight excluding hydrogens is 204 g/mol. The number of aliphatic hydroxyl groups excluding tert-OH is 1. The van der Waals surface area contributed by atoms with Gasteiger partial charge in [0.25, 0.3) is 0 Å². The molecule has 0 aliphatic carbocycles. The summed E-state index contributed by atoms with van der Waals surface area (Å²) in [5.74, 6) is 0.435. The van der Waals surface area contributed by atoms with Crippen LogP contribution in [0.3, 0.4) is 0 Å². The molecule has 0 aliphatic heterocycles. The van der Waals surface area contributed by atoms with Crippen molar-refractivity contribution in [2.24, 2.45) is 5.92 Å². The summed E-state index contributed by atoms with van der Waals surface area (Å²) in [6.07, 6.45) is 2.43. The summed E-state index contributed by atoms with van der Waals surface area (Å²) in [4.78, 5) is 11.3. The predicted octanol–water partition coefficient (Wildman–Crippen LogP) is 0.899. The average molecular weight is 230 g/mol. The second-order valence-electron chi connectivity index (χ2n) is 4.64. The van der Waals surface area contributed by atoms with Gasteiger partial charge in [-0.25, -0.2) is 0 Å². The highest BCUT2D eigenvalue weighted by Gasteiger charge is 2.02. The van der Waals surface area contributed by atoms with Crippen LogP contribution in [-0.2, 0) is 4.79 Å². The molecule has 0 spiro atoms. The van der Waals surface area contributed by atoms with E-state index in [1.807, 2.05) is 6.92 Å². The first kappa shape index (κ1) is 15.4. The largest absolute Gasteiger partial charge is 0.396 e. The normalized spacial score (nSPS) is 12.8. The third-order valence-corrected chi connectivity index (χ3v) is 2.41. The van der Waals surface area contributed by atoms with Crippen molar-refractivity contribution in [2.75, 3.05) is 19.7 Å². The van der Waals surface area contributed by atoms with Crippen molar-refractivity contribution in [1.82, 2.24) is 10.6 Å². The molecular formula is C12H26N2O2. The summed E-state index contributed by atoms with van der Waals surface area (Å²) >= 11 is 0. The molecule has 0 bridgehead atoms. The van der Waals surface area contributed by atoms with Gasteiger partial charge in [0.1, 0.15) is 0 Å². The monoisotopic (exact) mass is 230 g/mol. The van der Waals surface area contributed by atoms with Crippen LogP contribution in [0.15, 0.2) is 0 Å². The second kappa shape index (κ2) is 9.60. The van der Waals surface area contributed by atoms with Gasteiger partial charge >= 0.3 is 0 Å². The molecule has 4 nitrogen and oxygen atoms in total. The van der Waals surface area contributed by atoms with E-state index in [9.17, 15) is 4.79 Å². The zero-order chi connectivity index (χ0) is 12.4. The van der Waals surface area contributed by atoms with E-state index in [0.717, 1.165) is 19.4 Å². The fourth-order valence-corrected chi connectivity index (χ4v) is 1.33. The smallest absolute Gasteiger partial charge is 0.221 e. The van der Waals surface area contributed by atoms with E-state index >= 15 is 0 Å². The van der Waals surface area contributed by atoms with Crippen molar-refractivity contribution < 1.29 is 9.90 Å². The highest BCUT2D eigenvalue weighted by molar-refractivity contribution is 5.75. The Balaban J connectivity index is 3.30. The molecule has 0 aromatic rings. The van der Waals surface area contributed by atoms with Crippen LogP contribution in [-0.4, -0.2) is 36.8 Å². The Kier molecular flexibility index (Phi) is 9.24. The Morgan fingerprint density at radius 3 is 2.50 bits per heavy atom. The molecule has 0 radical (unpaired) electrons. The van der Waals surface area contributed by atoms with E-state index in [4.69, 9.17) is 5.11 Å². The molecule has 16 heavy (non-hydrogen) atoms. The molecule has 1 unspecified atom stereocenters. The minimum atomic E-state index is 0.102. The van der Waals surface area contributed by atoms with E-state index < -0.39 is 0 Å². The Bertz CT molecular complexity index is 184. The van der Waals surface area contributed by atoms with Gasteiger partial charge in [0.15, 0.2) is 0 Å². The number of nitrogens with one attached hydrogen (secondary N) is 2. The molecule has 0 aliphatic rings. The fourth-order valence-electron chi connectivity index (χ4n) is 1.33. The Hall–Kier alpha value is -0.610. The van der Waals surface area contributed by atoms with E-state index in [2.05, 4.69) is 24.5 Å². The molecule has 0 saturated carbocycles. The zero-order valence-corrected chi connectivity index (χ0v) is 10.8. The van der Waals surface area contributed by atoms with Crippen molar-refractivity contribution in [3.63, 3.8) is 0 Å². The third-order valence-electron chi connectivity index (χ3n) is 2.41. The van der Waals surface area contributed by atoms with Crippen molar-refractivity contribution >= 4 is 5.91 Å². The molecule has 0 heterocycles. The fraction of sp³-hybridized carbons (Fsp3) is 0.917. The van der Waals surface area contributed by atoms with Crippen molar-refractivity contribution in [3.05, 3.63) is 0 Å². The third kappa shape index (κ3) is 9.93. The van der Waals surface area contributed by atoms with Gasteiger partial charge in [-0.05, 0) is 18.8 Å². The van der Waals surface area contributed by atoms with E-state index in [1.165, 1.54) is 0 Å². The maximum absolute atomic E-state index is 11.3. The summed E-state index contributed by atoms with van der Waals surface area (Å²) in [5, 5.41) is 14.9. The molecule has 1 atom stereocenters. The summed E-state index contributed by atoms with van der Waals surface area (Å²) in [7, 11) is 0. The number of hydrogen-bond donors (Lipinski definition) is 3. The quantitative estimate of drug-likeness (QED) is 0.516. The number of carbonyl (C=O) groups excluding carboxylic acids is 1. The average Bonchev–Trinajstić information content (AvgIpc) is 2.23. The van der Waals surface area contributed by atoms with Crippen molar-refractivity contribution in [2.45, 2.75) is 46.1 Å².